The number of nitrogens with two attached hydrogens (primary N) is 1. The van der Waals surface area contributed by atoms with Crippen molar-refractivity contribution in [3.05, 3.63) is 59.1 Å². The summed E-state index contributed by atoms with van der Waals surface area (Å²) in [6.45, 7) is 4.26. The van der Waals surface area contributed by atoms with Gasteiger partial charge in [-0.15, -0.1) is 11.3 Å². The molecule has 0 aliphatic heterocycles. The van der Waals surface area contributed by atoms with E-state index in [1.165, 1.54) is 0 Å². The van der Waals surface area contributed by atoms with Gasteiger partial charge in [-0.2, -0.15) is 0 Å². The Hall–Kier alpha value is -2.46. The Morgan fingerprint density at radius 3 is 2.68 bits per heavy atom. The number of anilines is 1. The van der Waals surface area contributed by atoms with Crippen LogP contribution in [0.25, 0.3) is 21.7 Å². The number of Topliss-reactive ketones (excluding diaryl/α,β-unsaturated/α-hetero) is 1. The van der Waals surface area contributed by atoms with E-state index in [9.17, 15) is 4.79 Å². The largest absolute Gasteiger partial charge is 0.399 e. The van der Waals surface area contributed by atoms with Gasteiger partial charge in [0.15, 0.2) is 5.78 Å². The van der Waals surface area contributed by atoms with Crippen LogP contribution >= 0.6 is 11.3 Å². The van der Waals surface area contributed by atoms with Crippen molar-refractivity contribution in [2.75, 3.05) is 5.73 Å². The molecule has 0 radical (unpaired) electrons. The zero-order valence-electron chi connectivity index (χ0n) is 14.4. The minimum atomic E-state index is -0.0574. The molecule has 0 unspecified atom stereocenters. The normalized spacial score (nSPS) is 15.8. The molecule has 1 aromatic carbocycles. The maximum Gasteiger partial charge on any atom is 0.165 e. The number of carbonyl (C=O) groups excluding carboxylic acids is 1. The van der Waals surface area contributed by atoms with Crippen LogP contribution in [-0.2, 0) is 6.42 Å². The second kappa shape index (κ2) is 5.81. The fraction of sp³-hybridized carbons (Fsp3) is 0.238. The lowest BCUT2D eigenvalue weighted by atomic mass is 9.74. The maximum absolute atomic E-state index is 12.9. The lowest BCUT2D eigenvalue weighted by Crippen LogP contribution is -2.28. The summed E-state index contributed by atoms with van der Waals surface area (Å²) in [6.07, 6.45) is 1.38. The summed E-state index contributed by atoms with van der Waals surface area (Å²) in [7, 11) is 0. The average molecular weight is 348 g/mol. The summed E-state index contributed by atoms with van der Waals surface area (Å²) in [5, 5.41) is 2.04. The zero-order valence-corrected chi connectivity index (χ0v) is 15.2. The summed E-state index contributed by atoms with van der Waals surface area (Å²) >= 11 is 1.65. The number of carbonyl (C=O) groups is 1. The molecule has 0 spiro atoms. The van der Waals surface area contributed by atoms with Crippen LogP contribution in [0.5, 0.6) is 0 Å². The minimum absolute atomic E-state index is 0.0574. The molecule has 2 aromatic heterocycles. The molecule has 0 fully saturated rings. The second-order valence-corrected chi connectivity index (χ2v) is 8.37. The van der Waals surface area contributed by atoms with Gasteiger partial charge in [0.25, 0.3) is 0 Å². The fourth-order valence-electron chi connectivity index (χ4n) is 3.55. The molecule has 2 heterocycles. The van der Waals surface area contributed by atoms with Crippen LogP contribution < -0.4 is 5.73 Å². The summed E-state index contributed by atoms with van der Waals surface area (Å²) in [4.78, 5) is 18.8. The fourth-order valence-corrected chi connectivity index (χ4v) is 4.30. The van der Waals surface area contributed by atoms with Gasteiger partial charge in [-0.05, 0) is 41.5 Å². The SMILES string of the molecule is CC1(C)CC(=O)c2c(-c3cccs3)cc(-c3cccc(N)c3)nc2C1. The number of rotatable bonds is 2. The molecular weight excluding hydrogens is 328 g/mol. The number of benzene rings is 1. The standard InChI is InChI=1S/C21H20N2OS/c1-21(2)11-17-20(18(24)12-21)15(19-7-4-8-25-19)10-16(23-17)13-5-3-6-14(22)9-13/h3-10H,11-12,22H2,1-2H3. The van der Waals surface area contributed by atoms with Gasteiger partial charge in [-0.3, -0.25) is 9.78 Å². The van der Waals surface area contributed by atoms with Crippen molar-refractivity contribution in [2.45, 2.75) is 26.7 Å². The zero-order chi connectivity index (χ0) is 17.6. The van der Waals surface area contributed by atoms with E-state index < -0.39 is 0 Å². The van der Waals surface area contributed by atoms with E-state index in [0.717, 1.165) is 39.4 Å². The number of ketones is 1. The lowest BCUT2D eigenvalue weighted by molar-refractivity contribution is 0.0911. The van der Waals surface area contributed by atoms with Gasteiger partial charge in [0.2, 0.25) is 0 Å². The number of thiophene rings is 1. The predicted octanol–water partition coefficient (Wildman–Crippen LogP) is 5.21. The number of hydrogen-bond donors (Lipinski definition) is 1. The molecule has 0 saturated heterocycles. The van der Waals surface area contributed by atoms with Crippen molar-refractivity contribution < 1.29 is 4.79 Å². The maximum atomic E-state index is 12.9. The smallest absolute Gasteiger partial charge is 0.165 e. The monoisotopic (exact) mass is 348 g/mol. The first-order valence-electron chi connectivity index (χ1n) is 8.40. The second-order valence-electron chi connectivity index (χ2n) is 7.42. The first-order valence-corrected chi connectivity index (χ1v) is 9.28. The molecular formula is C21H20N2OS. The van der Waals surface area contributed by atoms with Crippen molar-refractivity contribution in [2.24, 2.45) is 5.41 Å². The van der Waals surface area contributed by atoms with Gasteiger partial charge in [0, 0.05) is 33.7 Å². The van der Waals surface area contributed by atoms with Crippen molar-refractivity contribution in [3.63, 3.8) is 0 Å². The molecule has 3 nitrogen and oxygen atoms in total. The topological polar surface area (TPSA) is 56.0 Å². The number of nitrogens with zero attached hydrogens (tertiary/aromatic N) is 1. The summed E-state index contributed by atoms with van der Waals surface area (Å²) in [5.41, 5.74) is 11.2. The van der Waals surface area contributed by atoms with E-state index in [-0.39, 0.29) is 11.2 Å². The molecule has 0 amide bonds. The van der Waals surface area contributed by atoms with Crippen molar-refractivity contribution in [1.82, 2.24) is 4.98 Å². The Morgan fingerprint density at radius 1 is 1.12 bits per heavy atom. The number of fused-ring (bicyclic) bond motifs is 1. The molecule has 1 aliphatic carbocycles. The number of hydrogen-bond acceptors (Lipinski definition) is 4. The quantitative estimate of drug-likeness (QED) is 0.646. The Kier molecular flexibility index (Phi) is 3.73. The Morgan fingerprint density at radius 2 is 1.96 bits per heavy atom. The van der Waals surface area contributed by atoms with Crippen LogP contribution in [0.3, 0.4) is 0 Å². The van der Waals surface area contributed by atoms with Crippen molar-refractivity contribution in [3.8, 4) is 21.7 Å². The summed E-state index contributed by atoms with van der Waals surface area (Å²) in [5.74, 6) is 0.196. The Bertz CT molecular complexity index is 958. The molecule has 3 aromatic rings. The number of nitrogen functional groups attached to an aromatic ring is 1. The van der Waals surface area contributed by atoms with Gasteiger partial charge in [-0.25, -0.2) is 0 Å². The Balaban J connectivity index is 1.97. The van der Waals surface area contributed by atoms with Crippen LogP contribution in [0.2, 0.25) is 0 Å². The lowest BCUT2D eigenvalue weighted by Gasteiger charge is -2.31. The third kappa shape index (κ3) is 2.98. The highest BCUT2D eigenvalue weighted by Gasteiger charge is 2.34. The van der Waals surface area contributed by atoms with Gasteiger partial charge >= 0.3 is 0 Å². The molecule has 126 valence electrons. The molecule has 4 rings (SSSR count). The van der Waals surface area contributed by atoms with Gasteiger partial charge in [-0.1, -0.05) is 32.0 Å². The van der Waals surface area contributed by atoms with Gasteiger partial charge < -0.3 is 5.73 Å². The molecule has 25 heavy (non-hydrogen) atoms. The third-order valence-electron chi connectivity index (χ3n) is 4.63. The number of aromatic nitrogens is 1. The Labute approximate surface area is 151 Å². The van der Waals surface area contributed by atoms with Crippen LogP contribution in [0, 0.1) is 5.41 Å². The molecule has 0 saturated carbocycles. The highest BCUT2D eigenvalue weighted by Crippen LogP contribution is 2.41. The summed E-state index contributed by atoms with van der Waals surface area (Å²) < 4.78 is 0. The number of pyridine rings is 1. The van der Waals surface area contributed by atoms with E-state index in [4.69, 9.17) is 10.7 Å². The van der Waals surface area contributed by atoms with E-state index >= 15 is 0 Å². The molecule has 4 heteroatoms. The molecule has 2 N–H and O–H groups in total. The average Bonchev–Trinajstić information content (AvgIpc) is 3.06. The molecule has 0 atom stereocenters. The van der Waals surface area contributed by atoms with Gasteiger partial charge in [0.1, 0.15) is 0 Å². The van der Waals surface area contributed by atoms with Crippen molar-refractivity contribution in [1.29, 1.82) is 0 Å². The van der Waals surface area contributed by atoms with Crippen LogP contribution in [-0.4, -0.2) is 10.8 Å². The van der Waals surface area contributed by atoms with Crippen LogP contribution in [0.1, 0.15) is 36.3 Å². The van der Waals surface area contributed by atoms with Crippen LogP contribution in [0.4, 0.5) is 5.69 Å². The third-order valence-corrected chi connectivity index (χ3v) is 5.53. The predicted molar refractivity (Wildman–Crippen MR) is 104 cm³/mol. The van der Waals surface area contributed by atoms with Crippen LogP contribution in [0.15, 0.2) is 47.8 Å². The highest BCUT2D eigenvalue weighted by atomic mass is 32.1. The first-order chi connectivity index (χ1) is 11.9. The van der Waals surface area contributed by atoms with E-state index in [1.54, 1.807) is 11.3 Å². The van der Waals surface area contributed by atoms with Gasteiger partial charge in [0.05, 0.1) is 11.4 Å². The highest BCUT2D eigenvalue weighted by molar-refractivity contribution is 7.13. The van der Waals surface area contributed by atoms with E-state index in [2.05, 4.69) is 19.9 Å². The molecule has 0 bridgehead atoms. The molecule has 1 aliphatic rings. The van der Waals surface area contributed by atoms with E-state index in [0.29, 0.717) is 12.1 Å². The summed E-state index contributed by atoms with van der Waals surface area (Å²) in [6, 6.07) is 13.9. The minimum Gasteiger partial charge on any atom is -0.399 e. The first kappa shape index (κ1) is 16.0. The van der Waals surface area contributed by atoms with E-state index in [1.807, 2.05) is 41.8 Å². The van der Waals surface area contributed by atoms with Crippen molar-refractivity contribution >= 4 is 22.8 Å².